The molecule has 98 valence electrons. The molecule has 5 heteroatoms. The van der Waals surface area contributed by atoms with Crippen molar-refractivity contribution in [1.82, 2.24) is 14.9 Å². The molecule has 0 aliphatic carbocycles. The van der Waals surface area contributed by atoms with E-state index in [1.807, 2.05) is 11.4 Å². The van der Waals surface area contributed by atoms with Gasteiger partial charge in [0.1, 0.15) is 4.83 Å². The molecule has 2 heterocycles. The smallest absolute Gasteiger partial charge is 0.262 e. The van der Waals surface area contributed by atoms with Crippen molar-refractivity contribution in [1.29, 1.82) is 0 Å². The number of nitrogens with zero attached hydrogens (tertiary/aromatic N) is 2. The zero-order chi connectivity index (χ0) is 13.2. The van der Waals surface area contributed by atoms with E-state index >= 15 is 0 Å². The van der Waals surface area contributed by atoms with Crippen molar-refractivity contribution in [3.63, 3.8) is 0 Å². The van der Waals surface area contributed by atoms with Gasteiger partial charge in [-0.2, -0.15) is 0 Å². The minimum atomic E-state index is 0.0531. The Labute approximate surface area is 111 Å². The third-order valence-corrected chi connectivity index (χ3v) is 4.11. The van der Waals surface area contributed by atoms with Crippen LogP contribution in [-0.2, 0) is 6.54 Å². The second kappa shape index (κ2) is 5.20. The molecular formula is C13H19N3OS. The largest absolute Gasteiger partial charge is 0.310 e. The highest BCUT2D eigenvalue weighted by atomic mass is 32.1. The average Bonchev–Trinajstić information content (AvgIpc) is 2.81. The lowest BCUT2D eigenvalue weighted by atomic mass is 10.0. The fourth-order valence-corrected chi connectivity index (χ4v) is 2.42. The minimum Gasteiger partial charge on any atom is -0.310 e. The summed E-state index contributed by atoms with van der Waals surface area (Å²) in [5, 5.41) is 6.07. The second-order valence-electron chi connectivity index (χ2n) is 5.05. The predicted octanol–water partition coefficient (Wildman–Crippen LogP) is 2.24. The van der Waals surface area contributed by atoms with Gasteiger partial charge in [-0.3, -0.25) is 9.36 Å². The zero-order valence-corrected chi connectivity index (χ0v) is 11.9. The van der Waals surface area contributed by atoms with Crippen LogP contribution in [-0.4, -0.2) is 21.6 Å². The van der Waals surface area contributed by atoms with Crippen LogP contribution < -0.4 is 10.9 Å². The van der Waals surface area contributed by atoms with E-state index in [-0.39, 0.29) is 11.1 Å². The molecule has 2 aromatic rings. The van der Waals surface area contributed by atoms with Crippen molar-refractivity contribution in [2.75, 3.05) is 6.54 Å². The summed E-state index contributed by atoms with van der Waals surface area (Å²) in [7, 11) is 0. The van der Waals surface area contributed by atoms with E-state index in [4.69, 9.17) is 0 Å². The van der Waals surface area contributed by atoms with Crippen molar-refractivity contribution in [2.24, 2.45) is 0 Å². The van der Waals surface area contributed by atoms with Gasteiger partial charge in [-0.1, -0.05) is 6.92 Å². The fraction of sp³-hybridized carbons (Fsp3) is 0.538. The highest BCUT2D eigenvalue weighted by molar-refractivity contribution is 7.16. The van der Waals surface area contributed by atoms with Crippen molar-refractivity contribution in [2.45, 2.75) is 39.3 Å². The van der Waals surface area contributed by atoms with E-state index in [1.165, 1.54) is 11.3 Å². The molecule has 0 unspecified atom stereocenters. The van der Waals surface area contributed by atoms with Crippen LogP contribution in [0, 0.1) is 0 Å². The van der Waals surface area contributed by atoms with Crippen LogP contribution in [0.15, 0.2) is 22.6 Å². The highest BCUT2D eigenvalue weighted by Gasteiger charge is 2.13. The summed E-state index contributed by atoms with van der Waals surface area (Å²) in [4.78, 5) is 17.2. The van der Waals surface area contributed by atoms with E-state index in [0.717, 1.165) is 23.2 Å². The first-order valence-corrected chi connectivity index (χ1v) is 7.09. The maximum atomic E-state index is 12.1. The SMILES string of the molecule is CCC(C)(C)NCCn1cnc2sccc2c1=O. The van der Waals surface area contributed by atoms with Crippen LogP contribution in [0.1, 0.15) is 27.2 Å². The van der Waals surface area contributed by atoms with Gasteiger partial charge >= 0.3 is 0 Å². The molecular weight excluding hydrogens is 246 g/mol. The Hall–Kier alpha value is -1.20. The molecule has 18 heavy (non-hydrogen) atoms. The van der Waals surface area contributed by atoms with E-state index in [9.17, 15) is 4.79 Å². The normalized spacial score (nSPS) is 12.2. The molecule has 0 atom stereocenters. The van der Waals surface area contributed by atoms with Gasteiger partial charge in [0, 0.05) is 18.6 Å². The van der Waals surface area contributed by atoms with Crippen LogP contribution in [0.5, 0.6) is 0 Å². The van der Waals surface area contributed by atoms with Gasteiger partial charge in [-0.15, -0.1) is 11.3 Å². The first-order valence-electron chi connectivity index (χ1n) is 6.21. The number of hydrogen-bond acceptors (Lipinski definition) is 4. The first-order chi connectivity index (χ1) is 8.53. The van der Waals surface area contributed by atoms with Gasteiger partial charge in [0.2, 0.25) is 0 Å². The highest BCUT2D eigenvalue weighted by Crippen LogP contribution is 2.13. The quantitative estimate of drug-likeness (QED) is 0.902. The summed E-state index contributed by atoms with van der Waals surface area (Å²) in [6.07, 6.45) is 2.70. The van der Waals surface area contributed by atoms with Crippen molar-refractivity contribution in [3.05, 3.63) is 28.1 Å². The zero-order valence-electron chi connectivity index (χ0n) is 11.1. The molecule has 0 radical (unpaired) electrons. The van der Waals surface area contributed by atoms with Crippen LogP contribution in [0.2, 0.25) is 0 Å². The third-order valence-electron chi connectivity index (χ3n) is 3.29. The predicted molar refractivity (Wildman–Crippen MR) is 76.3 cm³/mol. The summed E-state index contributed by atoms with van der Waals surface area (Å²) < 4.78 is 1.67. The van der Waals surface area contributed by atoms with Crippen molar-refractivity contribution < 1.29 is 0 Å². The number of hydrogen-bond donors (Lipinski definition) is 1. The molecule has 0 fully saturated rings. The maximum absolute atomic E-state index is 12.1. The molecule has 0 saturated carbocycles. The lowest BCUT2D eigenvalue weighted by Gasteiger charge is -2.24. The average molecular weight is 265 g/mol. The number of thiophene rings is 1. The molecule has 0 spiro atoms. The van der Waals surface area contributed by atoms with Gasteiger partial charge in [0.05, 0.1) is 11.7 Å². The van der Waals surface area contributed by atoms with E-state index in [0.29, 0.717) is 6.54 Å². The van der Waals surface area contributed by atoms with Crippen molar-refractivity contribution in [3.8, 4) is 0 Å². The van der Waals surface area contributed by atoms with E-state index in [1.54, 1.807) is 10.9 Å². The lowest BCUT2D eigenvalue weighted by Crippen LogP contribution is -2.41. The maximum Gasteiger partial charge on any atom is 0.262 e. The minimum absolute atomic E-state index is 0.0531. The number of fused-ring (bicyclic) bond motifs is 1. The summed E-state index contributed by atoms with van der Waals surface area (Å²) in [5.74, 6) is 0. The fourth-order valence-electron chi connectivity index (χ4n) is 1.69. The Bertz CT molecular complexity index is 585. The van der Waals surface area contributed by atoms with Gasteiger partial charge in [0.15, 0.2) is 0 Å². The van der Waals surface area contributed by atoms with Crippen LogP contribution in [0.4, 0.5) is 0 Å². The van der Waals surface area contributed by atoms with Gasteiger partial charge < -0.3 is 5.32 Å². The Morgan fingerprint density at radius 3 is 3.00 bits per heavy atom. The summed E-state index contributed by atoms with van der Waals surface area (Å²) in [6.45, 7) is 7.91. The monoisotopic (exact) mass is 265 g/mol. The summed E-state index contributed by atoms with van der Waals surface area (Å²) >= 11 is 1.50. The van der Waals surface area contributed by atoms with Gasteiger partial charge in [-0.25, -0.2) is 4.98 Å². The molecule has 0 aliphatic heterocycles. The van der Waals surface area contributed by atoms with Crippen LogP contribution in [0.25, 0.3) is 10.2 Å². The molecule has 0 amide bonds. The lowest BCUT2D eigenvalue weighted by molar-refractivity contribution is 0.366. The van der Waals surface area contributed by atoms with Gasteiger partial charge in [0.25, 0.3) is 5.56 Å². The Kier molecular flexibility index (Phi) is 3.82. The molecule has 2 rings (SSSR count). The molecule has 4 nitrogen and oxygen atoms in total. The molecule has 1 N–H and O–H groups in total. The molecule has 0 saturated heterocycles. The number of aromatic nitrogens is 2. The van der Waals surface area contributed by atoms with E-state index in [2.05, 4.69) is 31.1 Å². The topological polar surface area (TPSA) is 46.9 Å². The second-order valence-corrected chi connectivity index (χ2v) is 5.94. The standard InChI is InChI=1S/C13H19N3OS/c1-4-13(2,3)15-6-7-16-9-14-11-10(12(16)17)5-8-18-11/h5,8-9,15H,4,6-7H2,1-3H3. The summed E-state index contributed by atoms with van der Waals surface area (Å²) in [6, 6.07) is 1.84. The molecule has 0 aliphatic rings. The summed E-state index contributed by atoms with van der Waals surface area (Å²) in [5.41, 5.74) is 0.168. The Morgan fingerprint density at radius 2 is 2.28 bits per heavy atom. The Balaban J connectivity index is 2.08. The van der Waals surface area contributed by atoms with Crippen molar-refractivity contribution >= 4 is 21.6 Å². The van der Waals surface area contributed by atoms with Gasteiger partial charge in [-0.05, 0) is 31.7 Å². The van der Waals surface area contributed by atoms with Crippen LogP contribution >= 0.6 is 11.3 Å². The molecule has 0 aromatic carbocycles. The van der Waals surface area contributed by atoms with E-state index < -0.39 is 0 Å². The van der Waals surface area contributed by atoms with Crippen LogP contribution in [0.3, 0.4) is 0 Å². The third kappa shape index (κ3) is 2.79. The number of rotatable bonds is 5. The Morgan fingerprint density at radius 1 is 1.50 bits per heavy atom. The molecule has 2 aromatic heterocycles. The number of nitrogens with one attached hydrogen (secondary N) is 1. The first kappa shape index (κ1) is 13.2. The molecule has 0 bridgehead atoms.